The molecule has 0 unspecified atom stereocenters. The first kappa shape index (κ1) is 9.83. The first-order chi connectivity index (χ1) is 5.67. The maximum absolute atomic E-state index is 2.45. The van der Waals surface area contributed by atoms with Crippen LogP contribution in [0.5, 0.6) is 0 Å². The summed E-state index contributed by atoms with van der Waals surface area (Å²) in [5, 5.41) is 0. The summed E-state index contributed by atoms with van der Waals surface area (Å²) in [6, 6.07) is 0. The lowest BCUT2D eigenvalue weighted by molar-refractivity contribution is 0.279. The summed E-state index contributed by atoms with van der Waals surface area (Å²) in [5.74, 6) is 0.784. The molecule has 1 aliphatic rings. The zero-order valence-electron chi connectivity index (χ0n) is 8.64. The van der Waals surface area contributed by atoms with Crippen molar-refractivity contribution in [3.63, 3.8) is 0 Å². The zero-order valence-corrected chi connectivity index (χ0v) is 8.64. The molecule has 1 rings (SSSR count). The molecular weight excluding hydrogens is 144 g/mol. The summed E-state index contributed by atoms with van der Waals surface area (Å²) >= 11 is 0. The van der Waals surface area contributed by atoms with Crippen molar-refractivity contribution in [2.75, 3.05) is 0 Å². The molecule has 1 atom stereocenters. The molecule has 0 fully saturated rings. The molecule has 0 spiro atoms. The van der Waals surface area contributed by atoms with E-state index in [-0.39, 0.29) is 0 Å². The lowest BCUT2D eigenvalue weighted by atomic mass is 9.72. The van der Waals surface area contributed by atoms with E-state index in [1.807, 2.05) is 0 Å². The van der Waals surface area contributed by atoms with Crippen LogP contribution in [0, 0.1) is 17.8 Å². The van der Waals surface area contributed by atoms with Gasteiger partial charge in [-0.1, -0.05) is 39.3 Å². The molecule has 0 aromatic rings. The standard InChI is InChI=1S/C12H21/c1-4-10-12(2,3)11-8-6-5-7-9-11/h6,8,10-11H,4-5,7,9H2,1-3H3/t11-/m0/s1. The largest absolute Gasteiger partial charge is 0.0882 e. The SMILES string of the molecule is CC[CH]C(C)(C)[C@H]1C=CCCC1. The van der Waals surface area contributed by atoms with Crippen LogP contribution < -0.4 is 0 Å². The van der Waals surface area contributed by atoms with E-state index in [0.717, 1.165) is 5.92 Å². The minimum Gasteiger partial charge on any atom is -0.0882 e. The van der Waals surface area contributed by atoms with Gasteiger partial charge in [-0.25, -0.2) is 0 Å². The Morgan fingerprint density at radius 2 is 2.25 bits per heavy atom. The number of hydrogen-bond donors (Lipinski definition) is 0. The Hall–Kier alpha value is -0.260. The Labute approximate surface area is 77.1 Å². The molecule has 1 aliphatic carbocycles. The van der Waals surface area contributed by atoms with Gasteiger partial charge in [0.15, 0.2) is 0 Å². The summed E-state index contributed by atoms with van der Waals surface area (Å²) < 4.78 is 0. The zero-order chi connectivity index (χ0) is 9.03. The fourth-order valence-corrected chi connectivity index (χ4v) is 2.11. The van der Waals surface area contributed by atoms with E-state index in [0.29, 0.717) is 5.41 Å². The summed E-state index contributed by atoms with van der Waals surface area (Å²) in [4.78, 5) is 0. The van der Waals surface area contributed by atoms with E-state index >= 15 is 0 Å². The van der Waals surface area contributed by atoms with E-state index in [9.17, 15) is 0 Å². The molecule has 0 aliphatic heterocycles. The van der Waals surface area contributed by atoms with E-state index in [1.165, 1.54) is 25.7 Å². The maximum Gasteiger partial charge on any atom is -0.0179 e. The van der Waals surface area contributed by atoms with E-state index in [4.69, 9.17) is 0 Å². The minimum absolute atomic E-state index is 0.408. The van der Waals surface area contributed by atoms with Gasteiger partial charge in [0.05, 0.1) is 0 Å². The van der Waals surface area contributed by atoms with Crippen molar-refractivity contribution in [3.8, 4) is 0 Å². The van der Waals surface area contributed by atoms with Crippen molar-refractivity contribution in [3.05, 3.63) is 18.6 Å². The molecule has 0 saturated heterocycles. The average molecular weight is 165 g/mol. The molecule has 69 valence electrons. The lowest BCUT2D eigenvalue weighted by Gasteiger charge is -2.33. The lowest BCUT2D eigenvalue weighted by Crippen LogP contribution is -2.24. The second-order valence-electron chi connectivity index (χ2n) is 4.40. The number of hydrogen-bond acceptors (Lipinski definition) is 0. The minimum atomic E-state index is 0.408. The topological polar surface area (TPSA) is 0 Å². The third-order valence-electron chi connectivity index (χ3n) is 2.94. The fourth-order valence-electron chi connectivity index (χ4n) is 2.11. The van der Waals surface area contributed by atoms with Crippen LogP contribution in [0.2, 0.25) is 0 Å². The highest BCUT2D eigenvalue weighted by Gasteiger charge is 2.27. The third-order valence-corrected chi connectivity index (χ3v) is 2.94. The summed E-state index contributed by atoms with van der Waals surface area (Å²) in [5.41, 5.74) is 0.408. The van der Waals surface area contributed by atoms with E-state index in [1.54, 1.807) is 0 Å². The van der Waals surface area contributed by atoms with Crippen LogP contribution in [0.25, 0.3) is 0 Å². The van der Waals surface area contributed by atoms with Gasteiger partial charge in [-0.05, 0) is 37.0 Å². The average Bonchev–Trinajstić information content (AvgIpc) is 2.06. The van der Waals surface area contributed by atoms with Crippen molar-refractivity contribution < 1.29 is 0 Å². The number of rotatable bonds is 3. The molecule has 0 heterocycles. The molecule has 0 heteroatoms. The third kappa shape index (κ3) is 2.36. The second-order valence-corrected chi connectivity index (χ2v) is 4.40. The summed E-state index contributed by atoms with van der Waals surface area (Å²) in [6.07, 6.45) is 12.4. The van der Waals surface area contributed by atoms with Crippen molar-refractivity contribution >= 4 is 0 Å². The van der Waals surface area contributed by atoms with Crippen LogP contribution >= 0.6 is 0 Å². The monoisotopic (exact) mass is 165 g/mol. The second kappa shape index (κ2) is 4.11. The molecule has 0 aromatic heterocycles. The molecule has 0 nitrogen and oxygen atoms in total. The molecule has 0 saturated carbocycles. The highest BCUT2D eigenvalue weighted by Crippen LogP contribution is 2.37. The van der Waals surface area contributed by atoms with Crippen LogP contribution in [0.1, 0.15) is 46.5 Å². The van der Waals surface area contributed by atoms with Crippen molar-refractivity contribution in [2.24, 2.45) is 11.3 Å². The Kier molecular flexibility index (Phi) is 3.37. The molecular formula is C12H21. The Balaban J connectivity index is 2.53. The van der Waals surface area contributed by atoms with E-state index < -0.39 is 0 Å². The smallest absolute Gasteiger partial charge is 0.0179 e. The van der Waals surface area contributed by atoms with Gasteiger partial charge >= 0.3 is 0 Å². The predicted octanol–water partition coefficient (Wildman–Crippen LogP) is 3.98. The van der Waals surface area contributed by atoms with Gasteiger partial charge in [-0.3, -0.25) is 0 Å². The highest BCUT2D eigenvalue weighted by atomic mass is 14.3. The highest BCUT2D eigenvalue weighted by molar-refractivity contribution is 5.03. The van der Waals surface area contributed by atoms with Crippen molar-refractivity contribution in [2.45, 2.75) is 46.5 Å². The predicted molar refractivity (Wildman–Crippen MR) is 54.9 cm³/mol. The van der Waals surface area contributed by atoms with Crippen LogP contribution in [0.3, 0.4) is 0 Å². The van der Waals surface area contributed by atoms with Gasteiger partial charge < -0.3 is 0 Å². The molecule has 0 amide bonds. The number of allylic oxidation sites excluding steroid dienone is 2. The molecule has 0 bridgehead atoms. The van der Waals surface area contributed by atoms with Crippen LogP contribution in [-0.2, 0) is 0 Å². The fraction of sp³-hybridized carbons (Fsp3) is 0.750. The maximum atomic E-state index is 2.45. The molecule has 0 aromatic carbocycles. The molecule has 12 heavy (non-hydrogen) atoms. The van der Waals surface area contributed by atoms with Crippen LogP contribution in [0.15, 0.2) is 12.2 Å². The molecule has 1 radical (unpaired) electrons. The first-order valence-corrected chi connectivity index (χ1v) is 5.18. The quantitative estimate of drug-likeness (QED) is 0.555. The Morgan fingerprint density at radius 1 is 1.50 bits per heavy atom. The van der Waals surface area contributed by atoms with Gasteiger partial charge in [0.1, 0.15) is 0 Å². The van der Waals surface area contributed by atoms with Gasteiger partial charge in [0, 0.05) is 0 Å². The van der Waals surface area contributed by atoms with Gasteiger partial charge in [-0.15, -0.1) is 0 Å². The Morgan fingerprint density at radius 3 is 2.75 bits per heavy atom. The van der Waals surface area contributed by atoms with Crippen molar-refractivity contribution in [1.29, 1.82) is 0 Å². The summed E-state index contributed by atoms with van der Waals surface area (Å²) in [6.45, 7) is 6.95. The van der Waals surface area contributed by atoms with Gasteiger partial charge in [0.2, 0.25) is 0 Å². The molecule has 0 N–H and O–H groups in total. The first-order valence-electron chi connectivity index (χ1n) is 5.18. The summed E-state index contributed by atoms with van der Waals surface area (Å²) in [7, 11) is 0. The van der Waals surface area contributed by atoms with Crippen molar-refractivity contribution in [1.82, 2.24) is 0 Å². The van der Waals surface area contributed by atoms with Crippen LogP contribution in [-0.4, -0.2) is 0 Å². The van der Waals surface area contributed by atoms with Crippen LogP contribution in [0.4, 0.5) is 0 Å². The Bertz CT molecular complexity index is 153. The normalized spacial score (nSPS) is 24.4. The van der Waals surface area contributed by atoms with Gasteiger partial charge in [0.25, 0.3) is 0 Å². The van der Waals surface area contributed by atoms with Gasteiger partial charge in [-0.2, -0.15) is 0 Å². The van der Waals surface area contributed by atoms with E-state index in [2.05, 4.69) is 39.3 Å².